The average Bonchev–Trinajstić information content (AvgIpc) is 3.55. The molecule has 0 radical (unpaired) electrons. The zero-order chi connectivity index (χ0) is 37.3. The van der Waals surface area contributed by atoms with Crippen molar-refractivity contribution >= 4 is 52.6 Å². The first-order valence-corrected chi connectivity index (χ1v) is 17.5. The quantitative estimate of drug-likeness (QED) is 0.169. The lowest BCUT2D eigenvalue weighted by molar-refractivity contribution is -0.127. The van der Waals surface area contributed by atoms with Crippen LogP contribution in [0.1, 0.15) is 40.2 Å². The summed E-state index contributed by atoms with van der Waals surface area (Å²) in [6, 6.07) is 24.0. The minimum Gasteiger partial charge on any atom is -0.508 e. The highest BCUT2D eigenvalue weighted by Gasteiger charge is 2.71. The Labute approximate surface area is 309 Å². The summed E-state index contributed by atoms with van der Waals surface area (Å²) < 4.78 is 11.8. The second-order valence-electron chi connectivity index (χ2n) is 13.7. The number of benzene rings is 4. The molecule has 6 unspecified atom stereocenters. The van der Waals surface area contributed by atoms with E-state index in [1.54, 1.807) is 48.5 Å². The summed E-state index contributed by atoms with van der Waals surface area (Å²) in [4.78, 5) is 73.3. The summed E-state index contributed by atoms with van der Waals surface area (Å²) in [6.45, 7) is 0. The van der Waals surface area contributed by atoms with Crippen molar-refractivity contribution in [2.75, 3.05) is 24.0 Å². The number of rotatable bonds is 7. The van der Waals surface area contributed by atoms with Crippen LogP contribution in [0, 0.1) is 23.7 Å². The van der Waals surface area contributed by atoms with Crippen LogP contribution in [0.25, 0.3) is 0 Å². The first-order chi connectivity index (χ1) is 25.5. The maximum absolute atomic E-state index is 15.5. The number of hydrogen-bond donors (Lipinski definition) is 2. The summed E-state index contributed by atoms with van der Waals surface area (Å²) in [7, 11) is 2.86. The van der Waals surface area contributed by atoms with Gasteiger partial charge in [0.2, 0.25) is 23.6 Å². The van der Waals surface area contributed by atoms with Gasteiger partial charge in [-0.3, -0.25) is 24.1 Å². The molecule has 2 aliphatic carbocycles. The molecule has 3 fully saturated rings. The third kappa shape index (κ3) is 4.90. The summed E-state index contributed by atoms with van der Waals surface area (Å²) in [5, 5.41) is 20.7. The molecule has 53 heavy (non-hydrogen) atoms. The molecule has 11 nitrogen and oxygen atoms in total. The summed E-state index contributed by atoms with van der Waals surface area (Å²) in [5.74, 6) is -7.39. The molecule has 4 aromatic carbocycles. The van der Waals surface area contributed by atoms with Crippen molar-refractivity contribution in [3.05, 3.63) is 124 Å². The van der Waals surface area contributed by atoms with Crippen LogP contribution in [-0.2, 0) is 24.6 Å². The number of phenols is 1. The van der Waals surface area contributed by atoms with Crippen molar-refractivity contribution in [2.45, 2.75) is 24.2 Å². The first-order valence-electron chi connectivity index (χ1n) is 17.1. The van der Waals surface area contributed by atoms with Gasteiger partial charge in [-0.25, -0.2) is 9.69 Å². The smallest absolute Gasteiger partial charge is 0.335 e. The molecular weight excluding hydrogens is 700 g/mol. The van der Waals surface area contributed by atoms with E-state index in [-0.39, 0.29) is 47.0 Å². The lowest BCUT2D eigenvalue weighted by Crippen LogP contribution is -2.53. The van der Waals surface area contributed by atoms with E-state index < -0.39 is 64.6 Å². The van der Waals surface area contributed by atoms with Gasteiger partial charge in [0.05, 0.1) is 54.3 Å². The van der Waals surface area contributed by atoms with Crippen molar-refractivity contribution in [2.24, 2.45) is 23.7 Å². The fourth-order valence-corrected chi connectivity index (χ4v) is 9.48. The van der Waals surface area contributed by atoms with Gasteiger partial charge in [-0.05, 0) is 60.7 Å². The van der Waals surface area contributed by atoms with E-state index >= 15 is 9.59 Å². The van der Waals surface area contributed by atoms with Crippen LogP contribution in [0.3, 0.4) is 0 Å². The molecule has 12 heteroatoms. The molecule has 268 valence electrons. The van der Waals surface area contributed by atoms with E-state index in [1.165, 1.54) is 50.6 Å². The molecule has 1 saturated carbocycles. The zero-order valence-corrected chi connectivity index (χ0v) is 29.3. The van der Waals surface area contributed by atoms with E-state index in [9.17, 15) is 24.6 Å². The van der Waals surface area contributed by atoms with Gasteiger partial charge in [-0.15, -0.1) is 0 Å². The number of carbonyl (C=O) groups excluding carboxylic acids is 4. The number of carboxylic acid groups (broad SMARTS) is 1. The summed E-state index contributed by atoms with van der Waals surface area (Å²) in [6.07, 6.45) is 2.08. The van der Waals surface area contributed by atoms with Crippen LogP contribution in [0.15, 0.2) is 103 Å². The SMILES string of the molecule is COc1cc(O)cc(OC)c1C1C2=CCC3C(=O)N(c4cccc(C(=O)O)c4)C(=O)C3C2CC2C(=O)N(c3cccc(Cl)c3)C(=O)C21c1ccccc1. The molecule has 2 N–H and O–H groups in total. The van der Waals surface area contributed by atoms with Crippen LogP contribution in [0.5, 0.6) is 17.2 Å². The number of allylic oxidation sites excluding steroid dienone is 2. The number of methoxy groups -OCH3 is 2. The monoisotopic (exact) mass is 732 g/mol. The Morgan fingerprint density at radius 1 is 0.792 bits per heavy atom. The van der Waals surface area contributed by atoms with Gasteiger partial charge in [-0.2, -0.15) is 0 Å². The third-order valence-electron chi connectivity index (χ3n) is 11.3. The van der Waals surface area contributed by atoms with Gasteiger partial charge in [0, 0.05) is 28.6 Å². The minimum absolute atomic E-state index is 0.0464. The molecule has 4 amide bonds. The number of carboxylic acids is 1. The Morgan fingerprint density at radius 2 is 1.45 bits per heavy atom. The van der Waals surface area contributed by atoms with Gasteiger partial charge in [-0.1, -0.05) is 65.7 Å². The van der Waals surface area contributed by atoms with Gasteiger partial charge in [0.15, 0.2) is 0 Å². The predicted octanol–water partition coefficient (Wildman–Crippen LogP) is 6.13. The number of nitrogens with zero attached hydrogens (tertiary/aromatic N) is 2. The number of halogens is 1. The fraction of sp³-hybridized carbons (Fsp3) is 0.244. The third-order valence-corrected chi connectivity index (χ3v) is 11.6. The van der Waals surface area contributed by atoms with E-state index in [1.807, 2.05) is 12.1 Å². The highest BCUT2D eigenvalue weighted by Crippen LogP contribution is 2.66. The second-order valence-corrected chi connectivity index (χ2v) is 14.2. The Morgan fingerprint density at radius 3 is 2.09 bits per heavy atom. The molecular formula is C41H33ClN2O9. The van der Waals surface area contributed by atoms with Crippen molar-refractivity contribution in [1.82, 2.24) is 0 Å². The van der Waals surface area contributed by atoms with E-state index in [2.05, 4.69) is 0 Å². The fourth-order valence-electron chi connectivity index (χ4n) is 9.30. The zero-order valence-electron chi connectivity index (χ0n) is 28.6. The number of amides is 4. The molecule has 2 saturated heterocycles. The van der Waals surface area contributed by atoms with Crippen LogP contribution < -0.4 is 19.3 Å². The van der Waals surface area contributed by atoms with Crippen LogP contribution in [0.2, 0.25) is 5.02 Å². The van der Waals surface area contributed by atoms with Crippen LogP contribution >= 0.6 is 11.6 Å². The average molecular weight is 733 g/mol. The topological polar surface area (TPSA) is 151 Å². The Bertz CT molecular complexity index is 2250. The maximum atomic E-state index is 15.5. The molecule has 8 rings (SSSR count). The van der Waals surface area contributed by atoms with E-state index in [0.29, 0.717) is 21.7 Å². The Hall–Kier alpha value is -5.94. The van der Waals surface area contributed by atoms with Gasteiger partial charge in [0.25, 0.3) is 0 Å². The first kappa shape index (κ1) is 34.2. The van der Waals surface area contributed by atoms with Crippen molar-refractivity contribution in [1.29, 1.82) is 0 Å². The highest BCUT2D eigenvalue weighted by molar-refractivity contribution is 6.32. The normalized spacial score (nSPS) is 26.2. The van der Waals surface area contributed by atoms with Crippen LogP contribution in [-0.4, -0.2) is 54.0 Å². The van der Waals surface area contributed by atoms with Crippen LogP contribution in [0.4, 0.5) is 11.4 Å². The predicted molar refractivity (Wildman–Crippen MR) is 193 cm³/mol. The number of carbonyl (C=O) groups is 5. The lowest BCUT2D eigenvalue weighted by Gasteiger charge is -2.51. The van der Waals surface area contributed by atoms with Gasteiger partial charge < -0.3 is 19.7 Å². The second kappa shape index (κ2) is 12.6. The molecule has 2 heterocycles. The van der Waals surface area contributed by atoms with Gasteiger partial charge in [0.1, 0.15) is 17.2 Å². The Balaban J connectivity index is 1.38. The molecule has 2 aliphatic heterocycles. The number of hydrogen-bond acceptors (Lipinski definition) is 8. The largest absolute Gasteiger partial charge is 0.508 e. The number of fused-ring (bicyclic) bond motifs is 4. The number of anilines is 2. The standard InChI is InChI=1S/C41H33ClN2O9/c1-52-31-18-26(45)19-32(53-2)34(31)35-27-14-15-28-33(38(48)43(36(28)46)24-12-6-8-21(16-24)39(49)50)29(27)20-30-37(47)44(25-13-7-11-23(42)17-25)40(51)41(30,35)22-9-4-3-5-10-22/h3-14,16-19,28-30,33,35,45H,15,20H2,1-2H3,(H,49,50). The van der Waals surface area contributed by atoms with Crippen molar-refractivity contribution in [3.8, 4) is 17.2 Å². The van der Waals surface area contributed by atoms with Crippen molar-refractivity contribution in [3.63, 3.8) is 0 Å². The number of ether oxygens (including phenoxy) is 2. The molecule has 0 bridgehead atoms. The van der Waals surface area contributed by atoms with E-state index in [4.69, 9.17) is 21.1 Å². The number of aromatic hydroxyl groups is 1. The maximum Gasteiger partial charge on any atom is 0.335 e. The lowest BCUT2D eigenvalue weighted by atomic mass is 9.49. The number of phenolic OH excluding ortho intramolecular Hbond substituents is 1. The minimum atomic E-state index is -1.60. The molecule has 4 aromatic rings. The van der Waals surface area contributed by atoms with E-state index in [0.717, 1.165) is 9.80 Å². The molecule has 0 aromatic heterocycles. The number of imide groups is 2. The summed E-state index contributed by atoms with van der Waals surface area (Å²) >= 11 is 6.40. The molecule has 6 atom stereocenters. The van der Waals surface area contributed by atoms with Gasteiger partial charge >= 0.3 is 5.97 Å². The summed E-state index contributed by atoms with van der Waals surface area (Å²) in [5.41, 5.74) is 0.351. The Kier molecular flexibility index (Phi) is 8.14. The molecule has 4 aliphatic rings. The number of aromatic carboxylic acids is 1. The van der Waals surface area contributed by atoms with Crippen molar-refractivity contribution < 1.29 is 43.7 Å². The highest BCUT2D eigenvalue weighted by atomic mass is 35.5. The molecule has 0 spiro atoms.